The van der Waals surface area contributed by atoms with Crippen LogP contribution in [0.25, 0.3) is 6.08 Å². The van der Waals surface area contributed by atoms with Crippen molar-refractivity contribution in [2.75, 3.05) is 26.9 Å². The predicted octanol–water partition coefficient (Wildman–Crippen LogP) is -2.51. The Bertz CT molecular complexity index is 1610. The van der Waals surface area contributed by atoms with Crippen LogP contribution in [0.5, 0.6) is 11.5 Å². The zero-order valence-corrected chi connectivity index (χ0v) is 31.4. The summed E-state index contributed by atoms with van der Waals surface area (Å²) in [5.74, 6) is -0.138. The van der Waals surface area contributed by atoms with Crippen molar-refractivity contribution in [3.8, 4) is 11.5 Å². The Kier molecular flexibility index (Phi) is 15.7. The molecular weight excluding hydrogens is 758 g/mol. The quantitative estimate of drug-likeness (QED) is 0.0664. The number of nitrogens with one attached hydrogen (secondary N) is 1. The van der Waals surface area contributed by atoms with Gasteiger partial charge in [-0.1, -0.05) is 24.3 Å². The van der Waals surface area contributed by atoms with Gasteiger partial charge in [-0.15, -0.1) is 0 Å². The number of benzene rings is 2. The molecule has 3 fully saturated rings. The van der Waals surface area contributed by atoms with Gasteiger partial charge in [-0.2, -0.15) is 0 Å². The summed E-state index contributed by atoms with van der Waals surface area (Å²) in [5, 5.41) is 88.0. The third kappa shape index (κ3) is 11.2. The van der Waals surface area contributed by atoms with Crippen LogP contribution < -0.4 is 14.8 Å². The van der Waals surface area contributed by atoms with E-state index in [0.29, 0.717) is 24.3 Å². The van der Waals surface area contributed by atoms with Crippen molar-refractivity contribution in [3.05, 3.63) is 65.7 Å². The highest BCUT2D eigenvalue weighted by molar-refractivity contribution is 5.87. The highest BCUT2D eigenvalue weighted by Gasteiger charge is 2.54. The maximum Gasteiger partial charge on any atom is 0.330 e. The molecule has 3 aliphatic rings. The summed E-state index contributed by atoms with van der Waals surface area (Å²) < 4.78 is 46.0. The number of hydrogen-bond acceptors (Lipinski definition) is 18. The first-order chi connectivity index (χ1) is 27.2. The molecule has 5 rings (SSSR count). The molecule has 0 saturated carbocycles. The average Bonchev–Trinajstić information content (AvgIpc) is 3.20. The van der Waals surface area contributed by atoms with E-state index in [0.717, 1.165) is 11.6 Å². The van der Waals surface area contributed by atoms with E-state index in [1.807, 2.05) is 0 Å². The minimum absolute atomic E-state index is 0.174. The van der Waals surface area contributed by atoms with Crippen LogP contribution in [-0.2, 0) is 44.4 Å². The molecule has 2 aromatic rings. The molecule has 3 aliphatic heterocycles. The molecule has 15 atom stereocenters. The highest BCUT2D eigenvalue weighted by atomic mass is 16.8. The maximum atomic E-state index is 12.6. The molecule has 15 unspecified atom stereocenters. The van der Waals surface area contributed by atoms with E-state index in [4.69, 9.17) is 37.9 Å². The lowest BCUT2D eigenvalue weighted by molar-refractivity contribution is -0.382. The molecule has 0 aromatic heterocycles. The van der Waals surface area contributed by atoms with E-state index in [9.17, 15) is 50.4 Å². The molecule has 3 saturated heterocycles. The lowest BCUT2D eigenvalue weighted by atomic mass is 9.96. The zero-order chi connectivity index (χ0) is 41.4. The highest BCUT2D eigenvalue weighted by Crippen LogP contribution is 2.34. The molecule has 0 spiro atoms. The van der Waals surface area contributed by atoms with Crippen LogP contribution in [-0.4, -0.2) is 172 Å². The fraction of sp³-hybridized carbons (Fsp3) is 0.579. The predicted molar refractivity (Wildman–Crippen MR) is 193 cm³/mol. The molecule has 2 aromatic carbocycles. The normalized spacial score (nSPS) is 35.7. The molecule has 19 heteroatoms. The standard InChI is InChI=1S/C38H51NO18/c1-18-27(43)34(56-36-32(48)30(46)28(44)24(16-40)54-36)35(38(52-18)53-23-11-6-21(7-12-23)14-15-39-19(2)41)57-37-33(49)31(47)29(45)25(55-37)17-51-26(42)13-8-20-4-9-22(50-3)10-5-20/h4-13,18,24-25,27-38,40,43-49H,14-17H2,1-3H3,(H,39,41). The Morgan fingerprint density at radius 1 is 0.719 bits per heavy atom. The summed E-state index contributed by atoms with van der Waals surface area (Å²) in [6.07, 6.45) is -21.6. The van der Waals surface area contributed by atoms with Crippen molar-refractivity contribution >= 4 is 18.0 Å². The van der Waals surface area contributed by atoms with Crippen LogP contribution >= 0.6 is 0 Å². The first-order valence-electron chi connectivity index (χ1n) is 18.3. The van der Waals surface area contributed by atoms with E-state index in [1.165, 1.54) is 27.0 Å². The molecule has 9 N–H and O–H groups in total. The minimum atomic E-state index is -1.94. The fourth-order valence-electron chi connectivity index (χ4n) is 6.38. The van der Waals surface area contributed by atoms with Crippen LogP contribution in [0.1, 0.15) is 25.0 Å². The second kappa shape index (κ2) is 20.3. The molecule has 1 amide bonds. The van der Waals surface area contributed by atoms with E-state index in [1.54, 1.807) is 48.5 Å². The van der Waals surface area contributed by atoms with E-state index >= 15 is 0 Å². The van der Waals surface area contributed by atoms with E-state index < -0.39 is 111 Å². The van der Waals surface area contributed by atoms with Gasteiger partial charge in [0, 0.05) is 19.5 Å². The number of carbonyl (C=O) groups is 2. The molecule has 3 heterocycles. The van der Waals surface area contributed by atoms with Crippen LogP contribution in [0.2, 0.25) is 0 Å². The minimum Gasteiger partial charge on any atom is -0.497 e. The van der Waals surface area contributed by atoms with Gasteiger partial charge in [-0.05, 0) is 54.8 Å². The third-order valence-corrected chi connectivity index (χ3v) is 9.74. The number of amides is 1. The number of rotatable bonds is 15. The van der Waals surface area contributed by atoms with Gasteiger partial charge in [0.15, 0.2) is 18.7 Å². The first-order valence-corrected chi connectivity index (χ1v) is 18.3. The Hall–Kier alpha value is -3.80. The van der Waals surface area contributed by atoms with Gasteiger partial charge in [0.2, 0.25) is 12.2 Å². The summed E-state index contributed by atoms with van der Waals surface area (Å²) in [5.41, 5.74) is 1.52. The Balaban J connectivity index is 1.36. The Morgan fingerprint density at radius 3 is 1.89 bits per heavy atom. The van der Waals surface area contributed by atoms with Crippen LogP contribution in [0.3, 0.4) is 0 Å². The van der Waals surface area contributed by atoms with Crippen molar-refractivity contribution in [1.82, 2.24) is 5.32 Å². The molecular formula is C38H51NO18. The second-order valence-electron chi connectivity index (χ2n) is 13.8. The zero-order valence-electron chi connectivity index (χ0n) is 31.4. The lowest BCUT2D eigenvalue weighted by Gasteiger charge is -2.48. The van der Waals surface area contributed by atoms with Crippen LogP contribution in [0, 0.1) is 0 Å². The van der Waals surface area contributed by atoms with Crippen molar-refractivity contribution in [2.24, 2.45) is 0 Å². The maximum absolute atomic E-state index is 12.6. The fourth-order valence-corrected chi connectivity index (χ4v) is 6.38. The van der Waals surface area contributed by atoms with Gasteiger partial charge in [0.25, 0.3) is 0 Å². The van der Waals surface area contributed by atoms with Gasteiger partial charge < -0.3 is 84.1 Å². The molecule has 57 heavy (non-hydrogen) atoms. The SMILES string of the molecule is COc1ccc(C=CC(=O)OCC2OC(OC3C(Oc4ccc(CCNC(C)=O)cc4)OC(C)C(O)C3OC3OC(CO)C(O)C(O)C3O)C(O)C(O)C2O)cc1. The van der Waals surface area contributed by atoms with E-state index in [2.05, 4.69) is 5.32 Å². The number of esters is 1. The number of carbonyl (C=O) groups excluding carboxylic acids is 2. The summed E-state index contributed by atoms with van der Waals surface area (Å²) in [7, 11) is 1.52. The summed E-state index contributed by atoms with van der Waals surface area (Å²) in [6.45, 7) is 1.91. The van der Waals surface area contributed by atoms with Gasteiger partial charge in [-0.25, -0.2) is 4.79 Å². The lowest BCUT2D eigenvalue weighted by Crippen LogP contribution is -2.67. The smallest absolute Gasteiger partial charge is 0.330 e. The molecule has 0 bridgehead atoms. The van der Waals surface area contributed by atoms with Crippen molar-refractivity contribution < 1.29 is 88.3 Å². The van der Waals surface area contributed by atoms with Crippen molar-refractivity contribution in [1.29, 1.82) is 0 Å². The van der Waals surface area contributed by atoms with Gasteiger partial charge in [-0.3, -0.25) is 4.79 Å². The van der Waals surface area contributed by atoms with Gasteiger partial charge in [0.05, 0.1) is 19.8 Å². The van der Waals surface area contributed by atoms with Gasteiger partial charge in [0.1, 0.15) is 79.1 Å². The monoisotopic (exact) mass is 809 g/mol. The van der Waals surface area contributed by atoms with Crippen molar-refractivity contribution in [3.63, 3.8) is 0 Å². The number of aliphatic hydroxyl groups excluding tert-OH is 8. The van der Waals surface area contributed by atoms with Crippen LogP contribution in [0.15, 0.2) is 54.6 Å². The number of ether oxygens (including phenoxy) is 8. The summed E-state index contributed by atoms with van der Waals surface area (Å²) >= 11 is 0. The topological polar surface area (TPSA) is 282 Å². The Morgan fingerprint density at radius 2 is 1.30 bits per heavy atom. The largest absolute Gasteiger partial charge is 0.497 e. The summed E-state index contributed by atoms with van der Waals surface area (Å²) in [4.78, 5) is 23.8. The first kappa shape index (κ1) is 44.3. The number of hydrogen-bond donors (Lipinski definition) is 9. The molecule has 0 radical (unpaired) electrons. The van der Waals surface area contributed by atoms with Gasteiger partial charge >= 0.3 is 5.97 Å². The molecule has 19 nitrogen and oxygen atoms in total. The third-order valence-electron chi connectivity index (χ3n) is 9.74. The van der Waals surface area contributed by atoms with E-state index in [-0.39, 0.29) is 11.7 Å². The number of methoxy groups -OCH3 is 1. The Labute approximate surface area is 327 Å². The second-order valence-corrected chi connectivity index (χ2v) is 13.8. The molecule has 316 valence electrons. The van der Waals surface area contributed by atoms with Crippen LogP contribution in [0.4, 0.5) is 0 Å². The average molecular weight is 810 g/mol. The summed E-state index contributed by atoms with van der Waals surface area (Å²) in [6, 6.07) is 13.5. The molecule has 0 aliphatic carbocycles. The van der Waals surface area contributed by atoms with Crippen molar-refractivity contribution in [2.45, 2.75) is 112 Å². The number of aliphatic hydroxyl groups is 8.